The molecule has 0 spiro atoms. The molecule has 6 nitrogen and oxygen atoms in total. The summed E-state index contributed by atoms with van der Waals surface area (Å²) in [6.07, 6.45) is 1.10. The van der Waals surface area contributed by atoms with Crippen LogP contribution in [0.3, 0.4) is 0 Å². The van der Waals surface area contributed by atoms with E-state index in [0.29, 0.717) is 12.8 Å². The number of carboxylic acids is 1. The molecule has 1 fully saturated rings. The molecule has 1 aliphatic carbocycles. The lowest BCUT2D eigenvalue weighted by molar-refractivity contribution is -0.166. The molecule has 0 heterocycles. The molecule has 0 saturated heterocycles. The largest absolute Gasteiger partial charge is 0.480 e. The van der Waals surface area contributed by atoms with Crippen LogP contribution < -0.4 is 5.48 Å². The molecule has 14 heavy (non-hydrogen) atoms. The van der Waals surface area contributed by atoms with E-state index < -0.39 is 23.1 Å². The van der Waals surface area contributed by atoms with Gasteiger partial charge in [0.15, 0.2) is 5.78 Å². The summed E-state index contributed by atoms with van der Waals surface area (Å²) < 4.78 is 0. The molecule has 0 aliphatic heterocycles. The summed E-state index contributed by atoms with van der Waals surface area (Å²) in [5, 5.41) is 17.3. The van der Waals surface area contributed by atoms with Crippen LogP contribution in [0.4, 0.5) is 0 Å². The number of hydrogen-bond donors (Lipinski definition) is 3. The van der Waals surface area contributed by atoms with Gasteiger partial charge in [0.1, 0.15) is 0 Å². The lowest BCUT2D eigenvalue weighted by Gasteiger charge is -2.28. The number of carbonyl (C=O) groups is 3. The monoisotopic (exact) mass is 201 g/mol. The zero-order valence-electron chi connectivity index (χ0n) is 7.45. The van der Waals surface area contributed by atoms with Crippen molar-refractivity contribution in [3.63, 3.8) is 0 Å². The second-order valence-corrected chi connectivity index (χ2v) is 3.28. The standard InChI is InChI=1S/C8H11NO5/c10-5-3-1-2-4-8(5,7(12)13)6(11)9-14/h14H,1-4H2,(H,9,11)(H,12,13). The Kier molecular flexibility index (Phi) is 2.85. The molecule has 0 aromatic rings. The van der Waals surface area contributed by atoms with Crippen LogP contribution in [0.15, 0.2) is 0 Å². The first-order chi connectivity index (χ1) is 6.55. The van der Waals surface area contributed by atoms with Gasteiger partial charge in [0.25, 0.3) is 5.91 Å². The van der Waals surface area contributed by atoms with E-state index in [4.69, 9.17) is 10.3 Å². The molecule has 1 aliphatic rings. The van der Waals surface area contributed by atoms with Crippen LogP contribution in [0.25, 0.3) is 0 Å². The van der Waals surface area contributed by atoms with Crippen LogP contribution in [-0.2, 0) is 14.4 Å². The quantitative estimate of drug-likeness (QED) is 0.323. The Bertz CT molecular complexity index is 277. The molecule has 0 radical (unpaired) electrons. The van der Waals surface area contributed by atoms with Gasteiger partial charge in [0, 0.05) is 6.42 Å². The smallest absolute Gasteiger partial charge is 0.326 e. The Hall–Kier alpha value is -1.43. The third-order valence-corrected chi connectivity index (χ3v) is 2.54. The number of carbonyl (C=O) groups excluding carboxylic acids is 2. The third kappa shape index (κ3) is 1.37. The number of ketones is 1. The summed E-state index contributed by atoms with van der Waals surface area (Å²) in [6, 6.07) is 0. The van der Waals surface area contributed by atoms with Gasteiger partial charge in [0.05, 0.1) is 0 Å². The third-order valence-electron chi connectivity index (χ3n) is 2.54. The van der Waals surface area contributed by atoms with E-state index in [1.807, 2.05) is 0 Å². The molecule has 3 N–H and O–H groups in total. The zero-order chi connectivity index (χ0) is 10.8. The highest BCUT2D eigenvalue weighted by Crippen LogP contribution is 2.33. The van der Waals surface area contributed by atoms with Crippen molar-refractivity contribution in [2.24, 2.45) is 5.41 Å². The second-order valence-electron chi connectivity index (χ2n) is 3.28. The second kappa shape index (κ2) is 3.75. The molecule has 1 atom stereocenters. The number of carboxylic acid groups (broad SMARTS) is 1. The Morgan fingerprint density at radius 2 is 2.00 bits per heavy atom. The number of nitrogens with one attached hydrogen (secondary N) is 1. The molecule has 1 rings (SSSR count). The van der Waals surface area contributed by atoms with Crippen LogP contribution in [-0.4, -0.2) is 28.0 Å². The van der Waals surface area contributed by atoms with E-state index in [9.17, 15) is 14.4 Å². The molecule has 6 heteroatoms. The van der Waals surface area contributed by atoms with Crippen molar-refractivity contribution in [2.75, 3.05) is 0 Å². The highest BCUT2D eigenvalue weighted by molar-refractivity contribution is 6.21. The van der Waals surface area contributed by atoms with Crippen LogP contribution in [0.1, 0.15) is 25.7 Å². The number of hydrogen-bond acceptors (Lipinski definition) is 4. The minimum Gasteiger partial charge on any atom is -0.480 e. The highest BCUT2D eigenvalue weighted by atomic mass is 16.5. The Morgan fingerprint density at radius 3 is 2.43 bits per heavy atom. The number of rotatable bonds is 2. The van der Waals surface area contributed by atoms with Crippen molar-refractivity contribution in [1.82, 2.24) is 5.48 Å². The molecule has 1 saturated carbocycles. The normalized spacial score (nSPS) is 27.1. The van der Waals surface area contributed by atoms with E-state index >= 15 is 0 Å². The lowest BCUT2D eigenvalue weighted by atomic mass is 9.72. The summed E-state index contributed by atoms with van der Waals surface area (Å²) in [4.78, 5) is 33.5. The molecule has 0 aromatic carbocycles. The number of amides is 1. The lowest BCUT2D eigenvalue weighted by Crippen LogP contribution is -2.52. The molecular weight excluding hydrogens is 190 g/mol. The van der Waals surface area contributed by atoms with Crippen LogP contribution in [0.2, 0.25) is 0 Å². The molecular formula is C8H11NO5. The van der Waals surface area contributed by atoms with Gasteiger partial charge in [-0.05, 0) is 12.8 Å². The van der Waals surface area contributed by atoms with E-state index in [1.165, 1.54) is 5.48 Å². The van der Waals surface area contributed by atoms with Crippen molar-refractivity contribution in [3.8, 4) is 0 Å². The van der Waals surface area contributed by atoms with Gasteiger partial charge in [-0.15, -0.1) is 0 Å². The van der Waals surface area contributed by atoms with E-state index in [0.717, 1.165) is 0 Å². The maximum atomic E-state index is 11.4. The zero-order valence-corrected chi connectivity index (χ0v) is 7.45. The van der Waals surface area contributed by atoms with Gasteiger partial charge >= 0.3 is 5.97 Å². The Labute approximate surface area is 79.9 Å². The first-order valence-corrected chi connectivity index (χ1v) is 4.27. The molecule has 0 aromatic heterocycles. The fraction of sp³-hybridized carbons (Fsp3) is 0.625. The highest BCUT2D eigenvalue weighted by Gasteiger charge is 2.53. The fourth-order valence-corrected chi connectivity index (χ4v) is 1.69. The minimum atomic E-state index is -2.08. The SMILES string of the molecule is O=C(O)C1(C(=O)NO)CCCCC1=O. The van der Waals surface area contributed by atoms with Crippen molar-refractivity contribution >= 4 is 17.7 Å². The number of aliphatic carboxylic acids is 1. The van der Waals surface area contributed by atoms with Crippen LogP contribution in [0.5, 0.6) is 0 Å². The number of Topliss-reactive ketones (excluding diaryl/α,β-unsaturated/α-hetero) is 1. The van der Waals surface area contributed by atoms with E-state index in [-0.39, 0.29) is 12.8 Å². The maximum Gasteiger partial charge on any atom is 0.326 e. The van der Waals surface area contributed by atoms with Gasteiger partial charge < -0.3 is 5.11 Å². The molecule has 78 valence electrons. The summed E-state index contributed by atoms with van der Waals surface area (Å²) in [5.74, 6) is -3.27. The molecule has 0 bridgehead atoms. The minimum absolute atomic E-state index is 0.0481. The van der Waals surface area contributed by atoms with Crippen molar-refractivity contribution in [1.29, 1.82) is 0 Å². The molecule has 1 amide bonds. The average Bonchev–Trinajstić information content (AvgIpc) is 2.17. The summed E-state index contributed by atoms with van der Waals surface area (Å²) in [7, 11) is 0. The van der Waals surface area contributed by atoms with Gasteiger partial charge in [-0.3, -0.25) is 19.6 Å². The van der Waals surface area contributed by atoms with Crippen molar-refractivity contribution in [3.05, 3.63) is 0 Å². The Morgan fingerprint density at radius 1 is 1.36 bits per heavy atom. The summed E-state index contributed by atoms with van der Waals surface area (Å²) in [5.41, 5.74) is -0.830. The first kappa shape index (κ1) is 10.6. The summed E-state index contributed by atoms with van der Waals surface area (Å²) >= 11 is 0. The van der Waals surface area contributed by atoms with Gasteiger partial charge in [-0.25, -0.2) is 5.48 Å². The maximum absolute atomic E-state index is 11.4. The van der Waals surface area contributed by atoms with Crippen molar-refractivity contribution < 1.29 is 24.7 Å². The van der Waals surface area contributed by atoms with E-state index in [1.54, 1.807) is 0 Å². The average molecular weight is 201 g/mol. The topological polar surface area (TPSA) is 104 Å². The van der Waals surface area contributed by atoms with E-state index in [2.05, 4.69) is 0 Å². The number of hydroxylamine groups is 1. The van der Waals surface area contributed by atoms with Gasteiger partial charge in [-0.2, -0.15) is 0 Å². The van der Waals surface area contributed by atoms with Gasteiger partial charge in [0.2, 0.25) is 5.41 Å². The predicted molar refractivity (Wildman–Crippen MR) is 43.5 cm³/mol. The van der Waals surface area contributed by atoms with Crippen LogP contribution in [0, 0.1) is 5.41 Å². The Balaban J connectivity index is 3.07. The fourth-order valence-electron chi connectivity index (χ4n) is 1.69. The van der Waals surface area contributed by atoms with Crippen molar-refractivity contribution in [2.45, 2.75) is 25.7 Å². The first-order valence-electron chi connectivity index (χ1n) is 4.27. The predicted octanol–water partition coefficient (Wildman–Crippen LogP) is -0.294. The summed E-state index contributed by atoms with van der Waals surface area (Å²) in [6.45, 7) is 0. The molecule has 1 unspecified atom stereocenters. The van der Waals surface area contributed by atoms with Crippen LogP contribution >= 0.6 is 0 Å². The van der Waals surface area contributed by atoms with Gasteiger partial charge in [-0.1, -0.05) is 6.42 Å².